The summed E-state index contributed by atoms with van der Waals surface area (Å²) in [5.74, 6) is 1.85. The molecule has 2 heterocycles. The van der Waals surface area contributed by atoms with Gasteiger partial charge in [0.25, 0.3) is 0 Å². The van der Waals surface area contributed by atoms with E-state index in [4.69, 9.17) is 4.42 Å². The molecule has 108 valence electrons. The Balaban J connectivity index is 1.91. The van der Waals surface area contributed by atoms with E-state index >= 15 is 0 Å². The number of hydrogen-bond donors (Lipinski definition) is 1. The third-order valence-corrected chi connectivity index (χ3v) is 3.94. The summed E-state index contributed by atoms with van der Waals surface area (Å²) in [6.45, 7) is 10.2. The molecule has 1 N–H and O–H groups in total. The fourth-order valence-electron chi connectivity index (χ4n) is 3.05. The fourth-order valence-corrected chi connectivity index (χ4v) is 3.05. The molecule has 19 heavy (non-hydrogen) atoms. The maximum atomic E-state index is 5.64. The van der Waals surface area contributed by atoms with E-state index in [0.717, 1.165) is 18.2 Å². The first-order chi connectivity index (χ1) is 9.16. The molecule has 2 rings (SSSR count). The van der Waals surface area contributed by atoms with Crippen molar-refractivity contribution in [2.24, 2.45) is 5.92 Å². The molecular formula is C16H28N2O. The van der Waals surface area contributed by atoms with Gasteiger partial charge in [-0.05, 0) is 57.3 Å². The highest BCUT2D eigenvalue weighted by molar-refractivity contribution is 5.06. The van der Waals surface area contributed by atoms with Gasteiger partial charge in [0, 0.05) is 12.6 Å². The van der Waals surface area contributed by atoms with Crippen LogP contribution in [0.5, 0.6) is 0 Å². The molecule has 3 heteroatoms. The molecule has 1 saturated heterocycles. The summed E-state index contributed by atoms with van der Waals surface area (Å²) in [5.41, 5.74) is 0. The van der Waals surface area contributed by atoms with Crippen LogP contribution in [0.2, 0.25) is 0 Å². The van der Waals surface area contributed by atoms with Gasteiger partial charge in [-0.25, -0.2) is 0 Å². The summed E-state index contributed by atoms with van der Waals surface area (Å²) in [4.78, 5) is 2.55. The van der Waals surface area contributed by atoms with Crippen LogP contribution in [-0.4, -0.2) is 30.6 Å². The van der Waals surface area contributed by atoms with Crippen LogP contribution in [0.1, 0.15) is 51.8 Å². The van der Waals surface area contributed by atoms with Crippen LogP contribution >= 0.6 is 0 Å². The minimum atomic E-state index is 0.395. The fraction of sp³-hybridized carbons (Fsp3) is 0.750. The van der Waals surface area contributed by atoms with Crippen molar-refractivity contribution in [3.05, 3.63) is 24.2 Å². The van der Waals surface area contributed by atoms with Crippen molar-refractivity contribution in [1.82, 2.24) is 10.2 Å². The largest absolute Gasteiger partial charge is 0.468 e. The van der Waals surface area contributed by atoms with E-state index in [2.05, 4.69) is 37.1 Å². The molecule has 2 unspecified atom stereocenters. The minimum Gasteiger partial charge on any atom is -0.468 e. The van der Waals surface area contributed by atoms with Crippen molar-refractivity contribution in [3.8, 4) is 0 Å². The average molecular weight is 264 g/mol. The second-order valence-corrected chi connectivity index (χ2v) is 6.21. The first-order valence-corrected chi connectivity index (χ1v) is 7.67. The minimum absolute atomic E-state index is 0.395. The molecule has 1 aromatic heterocycles. The Morgan fingerprint density at radius 2 is 2.00 bits per heavy atom. The van der Waals surface area contributed by atoms with Crippen LogP contribution in [0.3, 0.4) is 0 Å². The number of furan rings is 1. The van der Waals surface area contributed by atoms with Crippen LogP contribution < -0.4 is 5.32 Å². The molecule has 3 nitrogen and oxygen atoms in total. The number of nitrogens with zero attached hydrogens (tertiary/aromatic N) is 1. The summed E-state index contributed by atoms with van der Waals surface area (Å²) in [7, 11) is 0. The normalized spacial score (nSPS) is 20.0. The molecular weight excluding hydrogens is 236 g/mol. The molecule has 0 amide bonds. The first-order valence-electron chi connectivity index (χ1n) is 7.67. The Bertz CT molecular complexity index is 342. The zero-order valence-corrected chi connectivity index (χ0v) is 12.6. The zero-order chi connectivity index (χ0) is 13.7. The van der Waals surface area contributed by atoms with E-state index in [0.29, 0.717) is 12.1 Å². The standard InChI is InChI=1S/C16H28N2O/c1-13(2)11-14(3)17-12-15(16-7-6-10-19-16)18-8-4-5-9-18/h6-7,10,13-15,17H,4-5,8-9,11-12H2,1-3H3. The smallest absolute Gasteiger partial charge is 0.122 e. The number of hydrogen-bond acceptors (Lipinski definition) is 3. The quantitative estimate of drug-likeness (QED) is 0.817. The number of likely N-dealkylation sites (tertiary alicyclic amines) is 1. The van der Waals surface area contributed by atoms with E-state index in [-0.39, 0.29) is 0 Å². The van der Waals surface area contributed by atoms with Crippen LogP contribution in [0.4, 0.5) is 0 Å². The molecule has 0 saturated carbocycles. The van der Waals surface area contributed by atoms with Gasteiger partial charge in [0.2, 0.25) is 0 Å². The number of nitrogens with one attached hydrogen (secondary N) is 1. The summed E-state index contributed by atoms with van der Waals surface area (Å²) < 4.78 is 5.64. The molecule has 0 aromatic carbocycles. The second-order valence-electron chi connectivity index (χ2n) is 6.21. The van der Waals surface area contributed by atoms with E-state index in [1.54, 1.807) is 6.26 Å². The van der Waals surface area contributed by atoms with Crippen molar-refractivity contribution in [2.45, 2.75) is 52.1 Å². The van der Waals surface area contributed by atoms with Gasteiger partial charge in [0.05, 0.1) is 12.3 Å². The average Bonchev–Trinajstić information content (AvgIpc) is 3.00. The van der Waals surface area contributed by atoms with Crippen LogP contribution in [0.25, 0.3) is 0 Å². The Labute approximate surface area is 117 Å². The van der Waals surface area contributed by atoms with Crippen LogP contribution in [0.15, 0.2) is 22.8 Å². The van der Waals surface area contributed by atoms with Gasteiger partial charge in [-0.15, -0.1) is 0 Å². The molecule has 0 bridgehead atoms. The van der Waals surface area contributed by atoms with Gasteiger partial charge in [-0.2, -0.15) is 0 Å². The van der Waals surface area contributed by atoms with E-state index in [1.807, 2.05) is 6.07 Å². The van der Waals surface area contributed by atoms with Crippen molar-refractivity contribution in [3.63, 3.8) is 0 Å². The molecule has 0 radical (unpaired) electrons. The lowest BCUT2D eigenvalue weighted by atomic mass is 10.0. The topological polar surface area (TPSA) is 28.4 Å². The van der Waals surface area contributed by atoms with Gasteiger partial charge in [0.1, 0.15) is 5.76 Å². The van der Waals surface area contributed by atoms with Crippen molar-refractivity contribution in [1.29, 1.82) is 0 Å². The molecule has 1 fully saturated rings. The lowest BCUT2D eigenvalue weighted by Gasteiger charge is -2.28. The highest BCUT2D eigenvalue weighted by Crippen LogP contribution is 2.25. The zero-order valence-electron chi connectivity index (χ0n) is 12.6. The van der Waals surface area contributed by atoms with Crippen molar-refractivity contribution >= 4 is 0 Å². The van der Waals surface area contributed by atoms with Crippen LogP contribution in [-0.2, 0) is 0 Å². The summed E-state index contributed by atoms with van der Waals surface area (Å²) in [5, 5.41) is 3.68. The molecule has 1 aliphatic rings. The predicted octanol–water partition coefficient (Wildman–Crippen LogP) is 3.44. The lowest BCUT2D eigenvalue weighted by Crippen LogP contribution is -2.38. The Hall–Kier alpha value is -0.800. The highest BCUT2D eigenvalue weighted by atomic mass is 16.3. The van der Waals surface area contributed by atoms with Crippen LogP contribution in [0, 0.1) is 5.92 Å². The summed E-state index contributed by atoms with van der Waals surface area (Å²) in [6.07, 6.45) is 5.65. The second kappa shape index (κ2) is 7.11. The van der Waals surface area contributed by atoms with Crippen molar-refractivity contribution in [2.75, 3.05) is 19.6 Å². The Morgan fingerprint density at radius 3 is 2.58 bits per heavy atom. The van der Waals surface area contributed by atoms with Gasteiger partial charge in [-0.3, -0.25) is 4.90 Å². The Morgan fingerprint density at radius 1 is 1.26 bits per heavy atom. The molecule has 0 aliphatic carbocycles. The van der Waals surface area contributed by atoms with E-state index < -0.39 is 0 Å². The SMILES string of the molecule is CC(C)CC(C)NCC(c1ccco1)N1CCCC1. The van der Waals surface area contributed by atoms with Gasteiger partial charge in [-0.1, -0.05) is 13.8 Å². The summed E-state index contributed by atoms with van der Waals surface area (Å²) in [6, 6.07) is 5.07. The highest BCUT2D eigenvalue weighted by Gasteiger charge is 2.25. The third-order valence-electron chi connectivity index (χ3n) is 3.94. The maximum absolute atomic E-state index is 5.64. The maximum Gasteiger partial charge on any atom is 0.122 e. The van der Waals surface area contributed by atoms with E-state index in [1.165, 1.54) is 32.4 Å². The first kappa shape index (κ1) is 14.6. The van der Waals surface area contributed by atoms with Gasteiger partial charge < -0.3 is 9.73 Å². The molecule has 1 aliphatic heterocycles. The van der Waals surface area contributed by atoms with Gasteiger partial charge in [0.15, 0.2) is 0 Å². The molecule has 2 atom stereocenters. The monoisotopic (exact) mass is 264 g/mol. The van der Waals surface area contributed by atoms with Gasteiger partial charge >= 0.3 is 0 Å². The van der Waals surface area contributed by atoms with E-state index in [9.17, 15) is 0 Å². The number of rotatable bonds is 7. The molecule has 0 spiro atoms. The lowest BCUT2D eigenvalue weighted by molar-refractivity contribution is 0.203. The predicted molar refractivity (Wildman–Crippen MR) is 79.2 cm³/mol. The summed E-state index contributed by atoms with van der Waals surface area (Å²) >= 11 is 0. The Kier molecular flexibility index (Phi) is 5.46. The third kappa shape index (κ3) is 4.36. The van der Waals surface area contributed by atoms with Crippen molar-refractivity contribution < 1.29 is 4.42 Å². The molecule has 1 aromatic rings.